The minimum atomic E-state index is -0.690. The van der Waals surface area contributed by atoms with Gasteiger partial charge in [0.1, 0.15) is 17.7 Å². The minimum Gasteiger partial charge on any atom is -0.489 e. The van der Waals surface area contributed by atoms with Crippen LogP contribution in [0.5, 0.6) is 5.75 Å². The molecule has 0 radical (unpaired) electrons. The van der Waals surface area contributed by atoms with Crippen LogP contribution in [0.25, 0.3) is 11.1 Å². The van der Waals surface area contributed by atoms with Gasteiger partial charge < -0.3 is 4.74 Å². The molecule has 6 nitrogen and oxygen atoms in total. The van der Waals surface area contributed by atoms with E-state index in [1.807, 2.05) is 6.07 Å². The van der Waals surface area contributed by atoms with E-state index in [9.17, 15) is 14.4 Å². The third-order valence-corrected chi connectivity index (χ3v) is 7.36. The largest absolute Gasteiger partial charge is 0.489 e. The molecule has 1 amide bonds. The Balaban J connectivity index is 1.27. The molecule has 1 atom stereocenters. The molecule has 1 aliphatic carbocycles. The highest BCUT2D eigenvalue weighted by Gasteiger charge is 2.31. The summed E-state index contributed by atoms with van der Waals surface area (Å²) in [5.74, 6) is -0.547. The van der Waals surface area contributed by atoms with Crippen LogP contribution in [-0.2, 0) is 6.54 Å². The van der Waals surface area contributed by atoms with Gasteiger partial charge in [0.2, 0.25) is 0 Å². The summed E-state index contributed by atoms with van der Waals surface area (Å²) in [4.78, 5) is 14.8. The van der Waals surface area contributed by atoms with E-state index in [0.29, 0.717) is 10.3 Å². The summed E-state index contributed by atoms with van der Waals surface area (Å²) < 4.78 is 21.9. The van der Waals surface area contributed by atoms with Gasteiger partial charge in [-0.25, -0.2) is 4.39 Å². The number of halogens is 1. The van der Waals surface area contributed by atoms with E-state index in [-0.39, 0.29) is 17.6 Å². The van der Waals surface area contributed by atoms with Gasteiger partial charge in [0.25, 0.3) is 5.91 Å². The Morgan fingerprint density at radius 3 is 2.65 bits per heavy atom. The minimum absolute atomic E-state index is 0.0490. The number of carbonyl (C=O) groups is 1. The molecule has 0 aromatic heterocycles. The van der Waals surface area contributed by atoms with E-state index < -0.39 is 11.7 Å². The number of hydrazine groups is 1. The highest BCUT2D eigenvalue weighted by atomic mass is 32.2. The number of benzene rings is 3. The molecule has 1 saturated carbocycles. The van der Waals surface area contributed by atoms with Crippen molar-refractivity contribution in [2.45, 2.75) is 44.2 Å². The first-order chi connectivity index (χ1) is 18.0. The Bertz CT molecular complexity index is 1240. The van der Waals surface area contributed by atoms with Gasteiger partial charge in [0.15, 0.2) is 0 Å². The van der Waals surface area contributed by atoms with Crippen LogP contribution in [0.1, 0.15) is 53.1 Å². The number of rotatable bonds is 9. The molecule has 1 aliphatic heterocycles. The van der Waals surface area contributed by atoms with Crippen LogP contribution in [0, 0.1) is 5.82 Å². The van der Waals surface area contributed by atoms with Gasteiger partial charge >= 0.3 is 0 Å². The zero-order valence-corrected chi connectivity index (χ0v) is 21.7. The number of hydrogen-bond donors (Lipinski definition) is 2. The first-order valence-electron chi connectivity index (χ1n) is 12.7. The summed E-state index contributed by atoms with van der Waals surface area (Å²) in [6, 6.07) is 21.9. The summed E-state index contributed by atoms with van der Waals surface area (Å²) in [6.07, 6.45) is 5.44. The fourth-order valence-electron chi connectivity index (χ4n) is 4.92. The maximum absolute atomic E-state index is 15.0. The van der Waals surface area contributed by atoms with Crippen molar-refractivity contribution in [2.75, 3.05) is 19.3 Å². The van der Waals surface area contributed by atoms with Crippen molar-refractivity contribution >= 4 is 17.9 Å². The molecule has 1 saturated heterocycles. The van der Waals surface area contributed by atoms with E-state index in [2.05, 4.69) is 58.9 Å². The summed E-state index contributed by atoms with van der Waals surface area (Å²) >= 11 is 0.908. The number of ether oxygens (including phenoxy) is 1. The Kier molecular flexibility index (Phi) is 8.10. The molecule has 1 heterocycles. The van der Waals surface area contributed by atoms with E-state index in [4.69, 9.17) is 4.74 Å². The second-order valence-corrected chi connectivity index (χ2v) is 10.4. The van der Waals surface area contributed by atoms with Crippen LogP contribution in [0.3, 0.4) is 0 Å². The molecule has 1 unspecified atom stereocenters. The van der Waals surface area contributed by atoms with Crippen molar-refractivity contribution in [1.29, 1.82) is 0 Å². The fourth-order valence-corrected chi connectivity index (χ4v) is 5.10. The highest BCUT2D eigenvalue weighted by molar-refractivity contribution is 7.96. The number of piperidine rings is 1. The molecule has 2 aliphatic rings. The van der Waals surface area contributed by atoms with Crippen molar-refractivity contribution in [3.63, 3.8) is 0 Å². The van der Waals surface area contributed by atoms with Crippen LogP contribution in [-0.4, -0.2) is 46.0 Å². The third-order valence-electron chi connectivity index (χ3n) is 6.93. The van der Waals surface area contributed by atoms with Crippen LogP contribution in [0.2, 0.25) is 0 Å². The first kappa shape index (κ1) is 25.7. The van der Waals surface area contributed by atoms with Crippen molar-refractivity contribution < 1.29 is 19.1 Å². The number of nitrogens with zero attached hydrogens (tertiary/aromatic N) is 2. The quantitative estimate of drug-likeness (QED) is 0.265. The second-order valence-electron chi connectivity index (χ2n) is 9.72. The molecule has 3 aromatic carbocycles. The smallest absolute Gasteiger partial charge is 0.271 e. The Labute approximate surface area is 221 Å². The third kappa shape index (κ3) is 6.51. The zero-order chi connectivity index (χ0) is 25.8. The number of carbonyl (C=O) groups excluding carboxylic acids is 1. The fraction of sp³-hybridized carbons (Fsp3) is 0.345. The van der Waals surface area contributed by atoms with Crippen LogP contribution in [0.4, 0.5) is 4.39 Å². The summed E-state index contributed by atoms with van der Waals surface area (Å²) in [5.41, 5.74) is 6.69. The lowest BCUT2D eigenvalue weighted by molar-refractivity contribution is -0.0242. The Morgan fingerprint density at radius 1 is 1.11 bits per heavy atom. The standard InChI is InChI=1S/C29H32FN3O3S/c1-37-33(35)31-29(34)26-16-25(22-12-13-22)28(17-27(26)30)36-24-11-6-14-32(19-24)18-20-7-5-10-23(15-20)21-8-3-2-4-9-21/h2-5,7-10,15-17,22,24,35H,6,11-14,18-19H2,1H3,(H,31,34). The monoisotopic (exact) mass is 521 g/mol. The van der Waals surface area contributed by atoms with Crippen LogP contribution < -0.4 is 10.2 Å². The predicted molar refractivity (Wildman–Crippen MR) is 144 cm³/mol. The van der Waals surface area contributed by atoms with Crippen molar-refractivity contribution in [3.05, 3.63) is 89.2 Å². The lowest BCUT2D eigenvalue weighted by Gasteiger charge is -2.33. The maximum atomic E-state index is 15.0. The van der Waals surface area contributed by atoms with Crippen molar-refractivity contribution in [3.8, 4) is 16.9 Å². The highest BCUT2D eigenvalue weighted by Crippen LogP contribution is 2.45. The van der Waals surface area contributed by atoms with Gasteiger partial charge in [0, 0.05) is 25.4 Å². The molecular formula is C29H32FN3O3S. The zero-order valence-electron chi connectivity index (χ0n) is 20.9. The first-order valence-corrected chi connectivity index (χ1v) is 13.9. The van der Waals surface area contributed by atoms with Gasteiger partial charge in [0.05, 0.1) is 5.56 Å². The Hall–Kier alpha value is -2.91. The van der Waals surface area contributed by atoms with Gasteiger partial charge in [-0.15, -0.1) is 0 Å². The van der Waals surface area contributed by atoms with Gasteiger partial charge in [-0.05, 0) is 89.1 Å². The Morgan fingerprint density at radius 2 is 1.89 bits per heavy atom. The summed E-state index contributed by atoms with van der Waals surface area (Å²) in [6.45, 7) is 2.58. The second kappa shape index (κ2) is 11.6. The van der Waals surface area contributed by atoms with Gasteiger partial charge in [-0.1, -0.05) is 48.5 Å². The molecule has 3 aromatic rings. The molecule has 5 rings (SSSR count). The van der Waals surface area contributed by atoms with Crippen molar-refractivity contribution in [1.82, 2.24) is 14.9 Å². The van der Waals surface area contributed by atoms with Crippen molar-refractivity contribution in [2.24, 2.45) is 0 Å². The number of amides is 1. The summed E-state index contributed by atoms with van der Waals surface area (Å²) in [5, 5.41) is 9.56. The van der Waals surface area contributed by atoms with Gasteiger partial charge in [-0.3, -0.25) is 20.3 Å². The van der Waals surface area contributed by atoms with Crippen LogP contribution in [0.15, 0.2) is 66.7 Å². The number of hydrogen-bond acceptors (Lipinski definition) is 6. The molecule has 8 heteroatoms. The molecule has 194 valence electrons. The van der Waals surface area contributed by atoms with E-state index in [0.717, 1.165) is 62.8 Å². The average molecular weight is 522 g/mol. The predicted octanol–water partition coefficient (Wildman–Crippen LogP) is 6.03. The molecule has 2 fully saturated rings. The van der Waals surface area contributed by atoms with Crippen LogP contribution >= 0.6 is 11.9 Å². The van der Waals surface area contributed by atoms with E-state index in [1.165, 1.54) is 22.8 Å². The SMILES string of the molecule is CSN(O)NC(=O)c1cc(C2CC2)c(OC2CCCN(Cc3cccc(-c4ccccc4)c3)C2)cc1F. The number of likely N-dealkylation sites (tertiary alicyclic amines) is 1. The summed E-state index contributed by atoms with van der Waals surface area (Å²) in [7, 11) is 0. The lowest BCUT2D eigenvalue weighted by Crippen LogP contribution is -2.40. The van der Waals surface area contributed by atoms with Gasteiger partial charge in [-0.2, -0.15) is 0 Å². The number of nitrogens with one attached hydrogen (secondary N) is 1. The maximum Gasteiger partial charge on any atom is 0.271 e. The topological polar surface area (TPSA) is 65.0 Å². The van der Waals surface area contributed by atoms with E-state index in [1.54, 1.807) is 12.3 Å². The molecule has 0 bridgehead atoms. The molecule has 37 heavy (non-hydrogen) atoms. The van der Waals surface area contributed by atoms with E-state index >= 15 is 0 Å². The molecule has 0 spiro atoms. The normalized spacial score (nSPS) is 18.1. The lowest BCUT2D eigenvalue weighted by atomic mass is 10.0. The molecule has 2 N–H and O–H groups in total. The average Bonchev–Trinajstić information content (AvgIpc) is 3.75. The molecular weight excluding hydrogens is 489 g/mol.